The van der Waals surface area contributed by atoms with Gasteiger partial charge in [-0.05, 0) is 0 Å². The maximum atomic E-state index is 9.32. The molecule has 0 aliphatic rings. The van der Waals surface area contributed by atoms with Crippen molar-refractivity contribution in [1.29, 1.82) is 0 Å². The second kappa shape index (κ2) is 6.28. The van der Waals surface area contributed by atoms with Crippen LogP contribution in [0.15, 0.2) is 0 Å². The Labute approximate surface area is 95.1 Å². The van der Waals surface area contributed by atoms with Gasteiger partial charge < -0.3 is 33.0 Å². The van der Waals surface area contributed by atoms with Crippen molar-refractivity contribution in [3.8, 4) is 0 Å². The zero-order chi connectivity index (χ0) is 7.71. The minimum Gasteiger partial charge on any atom is -0.790 e. The van der Waals surface area contributed by atoms with Gasteiger partial charge in [-0.1, -0.05) is 0 Å². The predicted octanol–water partition coefficient (Wildman–Crippen LogP) is -6.34. The van der Waals surface area contributed by atoms with E-state index in [4.69, 9.17) is 0 Å². The van der Waals surface area contributed by atoms with Gasteiger partial charge in [0.2, 0.25) is 0 Å². The van der Waals surface area contributed by atoms with Crippen molar-refractivity contribution >= 4 is 15.6 Å². The Balaban J connectivity index is -0.000000320. The minimum absolute atomic E-state index is 0. The first-order valence-electron chi connectivity index (χ1n) is 1.46. The molecule has 59 valence electrons. The third-order valence-electron chi connectivity index (χ3n) is 0.200. The van der Waals surface area contributed by atoms with Gasteiger partial charge in [-0.3, -0.25) is 0 Å². The summed E-state index contributed by atoms with van der Waals surface area (Å²) in [6.07, 6.45) is 0. The van der Waals surface area contributed by atoms with E-state index >= 15 is 0 Å². The van der Waals surface area contributed by atoms with Crippen LogP contribution in [0.3, 0.4) is 0 Å². The van der Waals surface area contributed by atoms with Crippen LogP contribution in [0.4, 0.5) is 0 Å². The first-order chi connectivity index (χ1) is 3.71. The topological polar surface area (TPSA) is 136 Å². The van der Waals surface area contributed by atoms with E-state index in [1.54, 1.807) is 0 Å². The summed E-state index contributed by atoms with van der Waals surface area (Å²) in [6, 6.07) is 0. The van der Waals surface area contributed by atoms with Gasteiger partial charge >= 0.3 is 46.9 Å². The van der Waals surface area contributed by atoms with Crippen LogP contribution in [0, 0.1) is 0 Å². The summed E-state index contributed by atoms with van der Waals surface area (Å²) >= 11 is 0. The predicted molar refractivity (Wildman–Crippen MR) is 16.3 cm³/mol. The monoisotopic (exact) mass is 249 g/mol. The minimum atomic E-state index is -5.68. The van der Waals surface area contributed by atoms with Gasteiger partial charge in [0, 0.05) is 0 Å². The maximum Gasteiger partial charge on any atom is 3.00 e. The molecule has 0 bridgehead atoms. The molecule has 0 aliphatic carbocycles. The summed E-state index contributed by atoms with van der Waals surface area (Å²) < 4.78 is 21.2. The number of phosphoric acid groups is 2. The van der Waals surface area contributed by atoms with Gasteiger partial charge in [-0.2, -0.15) is 0 Å². The molecule has 11 heavy (non-hydrogen) atoms. The Morgan fingerprint density at radius 3 is 1.09 bits per heavy atom. The Hall–Kier alpha value is 1.79. The van der Waals surface area contributed by atoms with Crippen molar-refractivity contribution in [3.63, 3.8) is 0 Å². The molecule has 0 N–H and O–H groups in total. The smallest absolute Gasteiger partial charge is 0.790 e. The fraction of sp³-hybridized carbons (Fsp3) is 0. The molecule has 0 amide bonds. The Morgan fingerprint density at radius 1 is 0.909 bits per heavy atom. The van der Waals surface area contributed by atoms with Crippen molar-refractivity contribution in [3.05, 3.63) is 0 Å². The molecule has 0 spiro atoms. The quantitative estimate of drug-likeness (QED) is 0.350. The van der Waals surface area contributed by atoms with E-state index in [-0.39, 0.29) is 46.9 Å². The number of hydrogen-bond acceptors (Lipinski definition) is 7. The molecule has 0 fully saturated rings. The van der Waals surface area contributed by atoms with Crippen LogP contribution < -0.4 is 49.1 Å². The fourth-order valence-electron chi connectivity index (χ4n) is 0.122. The normalized spacial score (nSPS) is 11.3. The molecule has 0 heterocycles. The third-order valence-corrected chi connectivity index (χ3v) is 1.80. The molecule has 7 nitrogen and oxygen atoms in total. The summed E-state index contributed by atoms with van der Waals surface area (Å²) in [5, 5.41) is 0. The van der Waals surface area contributed by atoms with E-state index in [2.05, 4.69) is 4.31 Å². The van der Waals surface area contributed by atoms with E-state index in [0.29, 0.717) is 0 Å². The molecule has 0 rings (SSSR count). The average Bonchev–Trinajstić information content (AvgIpc) is 1.14. The van der Waals surface area contributed by atoms with Crippen molar-refractivity contribution in [2.24, 2.45) is 0 Å². The van der Waals surface area contributed by atoms with Crippen LogP contribution in [-0.2, 0) is 30.8 Å². The summed E-state index contributed by atoms with van der Waals surface area (Å²) in [7, 11) is -11.4. The summed E-state index contributed by atoms with van der Waals surface area (Å²) in [6.45, 7) is 0. The second-order valence-corrected chi connectivity index (χ2v) is 3.42. The molecule has 0 aromatic carbocycles. The molecular weight excluding hydrogens is 249 g/mol. The average molecular weight is 249 g/mol. The Morgan fingerprint density at radius 2 is 1.09 bits per heavy atom. The zero-order valence-electron chi connectivity index (χ0n) is 5.16. The van der Waals surface area contributed by atoms with E-state index in [0.717, 1.165) is 0 Å². The maximum absolute atomic E-state index is 9.32. The van der Waals surface area contributed by atoms with Crippen molar-refractivity contribution < 1.29 is 79.9 Å². The van der Waals surface area contributed by atoms with Crippen LogP contribution in [0.1, 0.15) is 0 Å². The van der Waals surface area contributed by atoms with Crippen molar-refractivity contribution in [2.75, 3.05) is 0 Å². The Bertz CT molecular complexity index is 157. The van der Waals surface area contributed by atoms with Crippen LogP contribution >= 0.6 is 15.6 Å². The molecule has 0 aromatic heterocycles. The molecule has 1 radical (unpaired) electrons. The standard InChI is InChI=1S/Cr.Na.H4O7P2/c;;1-8(2,3)7-9(4,5)6/h;;(H2,1,2,3)(H2,4,5,6)/q+3;+1;/p-4. The number of rotatable bonds is 2. The van der Waals surface area contributed by atoms with Gasteiger partial charge in [0.25, 0.3) is 0 Å². The molecule has 0 unspecified atom stereocenters. The van der Waals surface area contributed by atoms with Gasteiger partial charge in [0.15, 0.2) is 0 Å². The summed E-state index contributed by atoms with van der Waals surface area (Å²) in [4.78, 5) is 37.3. The second-order valence-electron chi connectivity index (χ2n) is 0.976. The Kier molecular flexibility index (Phi) is 10.6. The molecular formula is CrNaO7P2. The molecule has 0 saturated heterocycles. The molecule has 0 atom stereocenters. The fourth-order valence-corrected chi connectivity index (χ4v) is 1.10. The van der Waals surface area contributed by atoms with E-state index in [9.17, 15) is 28.7 Å². The largest absolute Gasteiger partial charge is 3.00 e. The summed E-state index contributed by atoms with van der Waals surface area (Å²) in [5.41, 5.74) is 0. The van der Waals surface area contributed by atoms with Crippen molar-refractivity contribution in [1.82, 2.24) is 0 Å². The van der Waals surface area contributed by atoms with Gasteiger partial charge in [0.1, 0.15) is 0 Å². The van der Waals surface area contributed by atoms with Gasteiger partial charge in [-0.25, -0.2) is 0 Å². The van der Waals surface area contributed by atoms with Crippen LogP contribution in [0.2, 0.25) is 0 Å². The van der Waals surface area contributed by atoms with Crippen LogP contribution in [-0.4, -0.2) is 0 Å². The zero-order valence-corrected chi connectivity index (χ0v) is 10.2. The summed E-state index contributed by atoms with van der Waals surface area (Å²) in [5.74, 6) is 0. The van der Waals surface area contributed by atoms with Crippen LogP contribution in [0.5, 0.6) is 0 Å². The molecule has 11 heteroatoms. The SMILES string of the molecule is O=P([O-])([O-])OP(=O)([O-])[O-].[Cr+3].[Na+]. The van der Waals surface area contributed by atoms with E-state index < -0.39 is 15.6 Å². The number of hydrogen-bond donors (Lipinski definition) is 0. The van der Waals surface area contributed by atoms with Crippen molar-refractivity contribution in [2.45, 2.75) is 0 Å². The third kappa shape index (κ3) is 18.6. The molecule has 0 saturated carbocycles. The first kappa shape index (κ1) is 18.6. The first-order valence-corrected chi connectivity index (χ1v) is 4.38. The van der Waals surface area contributed by atoms with E-state index in [1.807, 2.05) is 0 Å². The molecule has 0 aliphatic heterocycles. The van der Waals surface area contributed by atoms with E-state index in [1.165, 1.54) is 0 Å². The van der Waals surface area contributed by atoms with Gasteiger partial charge in [-0.15, -0.1) is 0 Å². The van der Waals surface area contributed by atoms with Gasteiger partial charge in [0.05, 0.1) is 15.6 Å². The van der Waals surface area contributed by atoms with Crippen LogP contribution in [0.25, 0.3) is 0 Å². The molecule has 0 aromatic rings.